The third-order valence-corrected chi connectivity index (χ3v) is 5.54. The Morgan fingerprint density at radius 1 is 0.903 bits per heavy atom. The van der Waals surface area contributed by atoms with Gasteiger partial charge in [-0.05, 0) is 73.2 Å². The van der Waals surface area contributed by atoms with Crippen LogP contribution >= 0.6 is 0 Å². The summed E-state index contributed by atoms with van der Waals surface area (Å²) < 4.78 is 0. The van der Waals surface area contributed by atoms with E-state index in [0.29, 0.717) is 16.9 Å². The number of urea groups is 1. The smallest absolute Gasteiger partial charge is 0.324 e. The van der Waals surface area contributed by atoms with Crippen LogP contribution in [0.5, 0.6) is 0 Å². The number of fused-ring (bicyclic) bond motifs is 1. The van der Waals surface area contributed by atoms with Crippen LogP contribution in [0.15, 0.2) is 42.5 Å². The van der Waals surface area contributed by atoms with E-state index >= 15 is 0 Å². The largest absolute Gasteiger partial charge is 0.329 e. The van der Waals surface area contributed by atoms with E-state index in [1.54, 1.807) is 24.3 Å². The first kappa shape index (κ1) is 20.6. The molecule has 2 aromatic rings. The van der Waals surface area contributed by atoms with Crippen molar-refractivity contribution < 1.29 is 19.2 Å². The van der Waals surface area contributed by atoms with E-state index in [2.05, 4.69) is 16.0 Å². The molecule has 4 rings (SSSR count). The van der Waals surface area contributed by atoms with Gasteiger partial charge in [-0.1, -0.05) is 6.07 Å². The summed E-state index contributed by atoms with van der Waals surface area (Å²) in [6, 6.07) is 12.2. The first-order valence-corrected chi connectivity index (χ1v) is 10.4. The van der Waals surface area contributed by atoms with E-state index in [1.165, 1.54) is 17.5 Å². The average molecular weight is 420 g/mol. The van der Waals surface area contributed by atoms with Gasteiger partial charge in [0.25, 0.3) is 5.91 Å². The van der Waals surface area contributed by atoms with Crippen LogP contribution in [-0.4, -0.2) is 41.7 Å². The fourth-order valence-corrected chi connectivity index (χ4v) is 3.83. The highest BCUT2D eigenvalue weighted by molar-refractivity contribution is 6.05. The summed E-state index contributed by atoms with van der Waals surface area (Å²) in [7, 11) is 0. The molecule has 2 aromatic carbocycles. The van der Waals surface area contributed by atoms with Gasteiger partial charge < -0.3 is 16.0 Å². The van der Waals surface area contributed by atoms with Crippen LogP contribution in [0, 0.1) is 0 Å². The molecule has 0 radical (unpaired) electrons. The molecule has 1 saturated heterocycles. The van der Waals surface area contributed by atoms with Gasteiger partial charge in [-0.15, -0.1) is 0 Å². The zero-order chi connectivity index (χ0) is 21.8. The Hall–Kier alpha value is -3.68. The zero-order valence-electron chi connectivity index (χ0n) is 17.1. The molecule has 0 saturated carbocycles. The van der Waals surface area contributed by atoms with Gasteiger partial charge >= 0.3 is 6.03 Å². The van der Waals surface area contributed by atoms with Gasteiger partial charge in [-0.3, -0.25) is 19.3 Å². The number of imide groups is 1. The highest BCUT2D eigenvalue weighted by Crippen LogP contribution is 2.23. The number of nitrogens with one attached hydrogen (secondary N) is 3. The highest BCUT2D eigenvalue weighted by atomic mass is 16.2. The Morgan fingerprint density at radius 3 is 2.26 bits per heavy atom. The second-order valence-corrected chi connectivity index (χ2v) is 7.72. The predicted octanol–water partition coefficient (Wildman–Crippen LogP) is 2.70. The number of amides is 5. The summed E-state index contributed by atoms with van der Waals surface area (Å²) in [6.45, 7) is 0.00447. The van der Waals surface area contributed by atoms with Gasteiger partial charge in [0.2, 0.25) is 11.8 Å². The first-order valence-electron chi connectivity index (χ1n) is 10.4. The number of hydrogen-bond donors (Lipinski definition) is 3. The zero-order valence-corrected chi connectivity index (χ0v) is 17.1. The Labute approximate surface area is 180 Å². The molecule has 3 N–H and O–H groups in total. The minimum absolute atomic E-state index is 0.00990. The van der Waals surface area contributed by atoms with Gasteiger partial charge in [-0.25, -0.2) is 4.79 Å². The molecular formula is C23H24N4O4. The minimum Gasteiger partial charge on any atom is -0.329 e. The van der Waals surface area contributed by atoms with Crippen molar-refractivity contribution in [2.45, 2.75) is 32.1 Å². The van der Waals surface area contributed by atoms with Crippen LogP contribution < -0.4 is 16.0 Å². The number of carbonyl (C=O) groups is 4. The maximum atomic E-state index is 12.6. The predicted molar refractivity (Wildman–Crippen MR) is 116 cm³/mol. The third kappa shape index (κ3) is 4.91. The molecular weight excluding hydrogens is 396 g/mol. The second kappa shape index (κ2) is 8.99. The van der Waals surface area contributed by atoms with Crippen LogP contribution in [-0.2, 0) is 22.4 Å². The van der Waals surface area contributed by atoms with Crippen LogP contribution in [0.4, 0.5) is 16.2 Å². The molecule has 31 heavy (non-hydrogen) atoms. The lowest BCUT2D eigenvalue weighted by atomic mass is 9.90. The fourth-order valence-electron chi connectivity index (χ4n) is 3.83. The maximum Gasteiger partial charge on any atom is 0.324 e. The van der Waals surface area contributed by atoms with Gasteiger partial charge in [0.1, 0.15) is 0 Å². The van der Waals surface area contributed by atoms with Crippen LogP contribution in [0.2, 0.25) is 0 Å². The summed E-state index contributed by atoms with van der Waals surface area (Å²) in [5.41, 5.74) is 4.41. The van der Waals surface area contributed by atoms with Gasteiger partial charge in [0, 0.05) is 29.9 Å². The molecule has 2 aliphatic rings. The van der Waals surface area contributed by atoms with Crippen molar-refractivity contribution in [3.63, 3.8) is 0 Å². The second-order valence-electron chi connectivity index (χ2n) is 7.72. The number of nitrogens with zero attached hydrogens (tertiary/aromatic N) is 1. The van der Waals surface area contributed by atoms with Crippen molar-refractivity contribution in [1.29, 1.82) is 0 Å². The SMILES string of the molecule is O=C(CCN1C(=O)CNC1=O)Nc1ccc(NC(=O)c2ccc3c(c2)CCCC3)cc1. The van der Waals surface area contributed by atoms with E-state index < -0.39 is 6.03 Å². The van der Waals surface area contributed by atoms with Crippen LogP contribution in [0.3, 0.4) is 0 Å². The average Bonchev–Trinajstić information content (AvgIpc) is 3.10. The molecule has 0 atom stereocenters. The molecule has 8 nitrogen and oxygen atoms in total. The Balaban J connectivity index is 1.30. The fraction of sp³-hybridized carbons (Fsp3) is 0.304. The molecule has 1 aliphatic heterocycles. The normalized spacial score (nSPS) is 15.3. The molecule has 1 heterocycles. The van der Waals surface area contributed by atoms with E-state index in [0.717, 1.165) is 24.2 Å². The molecule has 1 fully saturated rings. The third-order valence-electron chi connectivity index (χ3n) is 5.54. The van der Waals surface area contributed by atoms with Crippen molar-refractivity contribution in [2.75, 3.05) is 23.7 Å². The molecule has 0 aromatic heterocycles. The van der Waals surface area contributed by atoms with E-state index in [4.69, 9.17) is 0 Å². The summed E-state index contributed by atoms with van der Waals surface area (Å²) in [4.78, 5) is 48.7. The number of anilines is 2. The summed E-state index contributed by atoms with van der Waals surface area (Å²) in [5.74, 6) is -0.811. The lowest BCUT2D eigenvalue weighted by molar-refractivity contribution is -0.125. The summed E-state index contributed by atoms with van der Waals surface area (Å²) in [5, 5.41) is 8.01. The van der Waals surface area contributed by atoms with E-state index in [9.17, 15) is 19.2 Å². The standard InChI is InChI=1S/C23H24N4O4/c28-20(11-12-27-21(29)14-24-23(27)31)25-18-7-9-19(10-8-18)26-22(30)17-6-5-15-3-1-2-4-16(15)13-17/h5-10,13H,1-4,11-12,14H2,(H,24,31)(H,25,28)(H,26,30). The van der Waals surface area contributed by atoms with E-state index in [1.807, 2.05) is 18.2 Å². The van der Waals surface area contributed by atoms with E-state index in [-0.39, 0.29) is 37.2 Å². The number of aryl methyl sites for hydroxylation is 2. The quantitative estimate of drug-likeness (QED) is 0.625. The number of benzene rings is 2. The van der Waals surface area contributed by atoms with Crippen molar-refractivity contribution >= 4 is 35.1 Å². The van der Waals surface area contributed by atoms with Gasteiger partial charge in [0.05, 0.1) is 6.54 Å². The van der Waals surface area contributed by atoms with Crippen LogP contribution in [0.1, 0.15) is 40.7 Å². The topological polar surface area (TPSA) is 108 Å². The molecule has 0 spiro atoms. The number of carbonyl (C=O) groups excluding carboxylic acids is 4. The van der Waals surface area contributed by atoms with Crippen LogP contribution in [0.25, 0.3) is 0 Å². The van der Waals surface area contributed by atoms with Gasteiger partial charge in [0.15, 0.2) is 0 Å². The van der Waals surface area contributed by atoms with Crippen molar-refractivity contribution in [3.8, 4) is 0 Å². The van der Waals surface area contributed by atoms with Crippen molar-refractivity contribution in [1.82, 2.24) is 10.2 Å². The maximum absolute atomic E-state index is 12.6. The molecule has 160 valence electrons. The van der Waals surface area contributed by atoms with Crippen molar-refractivity contribution in [2.24, 2.45) is 0 Å². The summed E-state index contributed by atoms with van der Waals surface area (Å²) in [6.07, 6.45) is 4.46. The molecule has 5 amide bonds. The lowest BCUT2D eigenvalue weighted by Gasteiger charge is -2.16. The molecule has 1 aliphatic carbocycles. The molecule has 0 bridgehead atoms. The molecule has 0 unspecified atom stereocenters. The summed E-state index contributed by atoms with van der Waals surface area (Å²) >= 11 is 0. The Bertz CT molecular complexity index is 1020. The highest BCUT2D eigenvalue weighted by Gasteiger charge is 2.28. The van der Waals surface area contributed by atoms with Crippen molar-refractivity contribution in [3.05, 3.63) is 59.2 Å². The Morgan fingerprint density at radius 2 is 1.58 bits per heavy atom. The van der Waals surface area contributed by atoms with Gasteiger partial charge in [-0.2, -0.15) is 0 Å². The lowest BCUT2D eigenvalue weighted by Crippen LogP contribution is -2.33. The number of rotatable bonds is 6. The monoisotopic (exact) mass is 420 g/mol. The first-order chi connectivity index (χ1) is 15.0. The Kier molecular flexibility index (Phi) is 5.97. The molecule has 8 heteroatoms. The minimum atomic E-state index is -0.475. The number of hydrogen-bond acceptors (Lipinski definition) is 4.